The minimum Gasteiger partial charge on any atom is -0.493 e. The number of nitrogens with one attached hydrogen (secondary N) is 1. The second-order valence-corrected chi connectivity index (χ2v) is 6.35. The smallest absolute Gasteiger partial charge is 0.267 e. The van der Waals surface area contributed by atoms with E-state index in [0.29, 0.717) is 33.8 Å². The molecule has 0 spiro atoms. The number of aromatic nitrogens is 2. The summed E-state index contributed by atoms with van der Waals surface area (Å²) in [5, 5.41) is 0.372. The largest absolute Gasteiger partial charge is 0.493 e. The number of nitrogens with zero attached hydrogens (tertiary/aromatic N) is 2. The molecule has 30 heavy (non-hydrogen) atoms. The lowest BCUT2D eigenvalue weighted by Crippen LogP contribution is -2.26. The van der Waals surface area contributed by atoms with Crippen LogP contribution in [0, 0.1) is 0 Å². The molecule has 0 bridgehead atoms. The SMILES string of the molecule is COc1cc2nc(NN)n(-c3ccc(Oc4ccccc4)cc3)c(=O)c2cc1OC. The minimum absolute atomic E-state index is 0.191. The summed E-state index contributed by atoms with van der Waals surface area (Å²) in [6, 6.07) is 19.7. The van der Waals surface area contributed by atoms with Crippen LogP contribution in [0.25, 0.3) is 16.6 Å². The molecular formula is C22H20N4O4. The van der Waals surface area contributed by atoms with Crippen LogP contribution in [-0.2, 0) is 0 Å². The summed E-state index contributed by atoms with van der Waals surface area (Å²) < 4.78 is 17.8. The maximum absolute atomic E-state index is 13.3. The van der Waals surface area contributed by atoms with Crippen molar-refractivity contribution in [1.82, 2.24) is 9.55 Å². The normalized spacial score (nSPS) is 10.6. The molecule has 0 saturated carbocycles. The molecule has 152 valence electrons. The van der Waals surface area contributed by atoms with Gasteiger partial charge in [-0.2, -0.15) is 0 Å². The van der Waals surface area contributed by atoms with Crippen molar-refractivity contribution in [3.05, 3.63) is 77.1 Å². The number of rotatable bonds is 6. The first-order valence-electron chi connectivity index (χ1n) is 9.13. The van der Waals surface area contributed by atoms with Gasteiger partial charge in [0.25, 0.3) is 5.56 Å². The Morgan fingerprint density at radius 3 is 2.17 bits per heavy atom. The van der Waals surface area contributed by atoms with E-state index in [1.54, 1.807) is 36.4 Å². The third kappa shape index (κ3) is 3.51. The monoisotopic (exact) mass is 404 g/mol. The number of ether oxygens (including phenoxy) is 3. The van der Waals surface area contributed by atoms with Crippen molar-refractivity contribution in [1.29, 1.82) is 0 Å². The highest BCUT2D eigenvalue weighted by Crippen LogP contribution is 2.31. The van der Waals surface area contributed by atoms with E-state index in [2.05, 4.69) is 10.4 Å². The molecule has 0 atom stereocenters. The van der Waals surface area contributed by atoms with Crippen molar-refractivity contribution in [3.63, 3.8) is 0 Å². The van der Waals surface area contributed by atoms with Crippen molar-refractivity contribution in [2.45, 2.75) is 0 Å². The molecule has 0 aliphatic heterocycles. The first-order chi connectivity index (χ1) is 14.6. The van der Waals surface area contributed by atoms with Crippen molar-refractivity contribution in [3.8, 4) is 28.7 Å². The van der Waals surface area contributed by atoms with Crippen molar-refractivity contribution in [2.75, 3.05) is 19.6 Å². The zero-order chi connectivity index (χ0) is 21.1. The van der Waals surface area contributed by atoms with Gasteiger partial charge in [0.2, 0.25) is 5.95 Å². The Balaban J connectivity index is 1.79. The lowest BCUT2D eigenvalue weighted by atomic mass is 10.2. The Hall–Kier alpha value is -4.04. The third-order valence-corrected chi connectivity index (χ3v) is 4.58. The summed E-state index contributed by atoms with van der Waals surface area (Å²) in [6.45, 7) is 0. The Labute approximate surface area is 172 Å². The highest BCUT2D eigenvalue weighted by Gasteiger charge is 2.16. The maximum atomic E-state index is 13.3. The molecule has 0 saturated heterocycles. The molecule has 0 aliphatic carbocycles. The quantitative estimate of drug-likeness (QED) is 0.375. The third-order valence-electron chi connectivity index (χ3n) is 4.58. The van der Waals surface area contributed by atoms with Crippen LogP contribution < -0.4 is 31.0 Å². The highest BCUT2D eigenvalue weighted by atomic mass is 16.5. The van der Waals surface area contributed by atoms with E-state index in [0.717, 1.165) is 5.75 Å². The number of hydrogen-bond donors (Lipinski definition) is 2. The number of nitrogens with two attached hydrogens (primary N) is 1. The summed E-state index contributed by atoms with van der Waals surface area (Å²) in [7, 11) is 3.03. The van der Waals surface area contributed by atoms with Crippen molar-refractivity contribution in [2.24, 2.45) is 5.84 Å². The van der Waals surface area contributed by atoms with Gasteiger partial charge in [-0.15, -0.1) is 0 Å². The fourth-order valence-corrected chi connectivity index (χ4v) is 3.14. The molecule has 8 nitrogen and oxygen atoms in total. The van der Waals surface area contributed by atoms with E-state index < -0.39 is 0 Å². The first-order valence-corrected chi connectivity index (χ1v) is 9.13. The van der Waals surface area contributed by atoms with Crippen LogP contribution in [0.15, 0.2) is 71.5 Å². The molecule has 0 unspecified atom stereocenters. The Bertz CT molecular complexity index is 1240. The van der Waals surface area contributed by atoms with Crippen molar-refractivity contribution >= 4 is 16.9 Å². The second-order valence-electron chi connectivity index (χ2n) is 6.35. The van der Waals surface area contributed by atoms with Crippen LogP contribution in [0.1, 0.15) is 0 Å². The Morgan fingerprint density at radius 1 is 0.900 bits per heavy atom. The number of benzene rings is 3. The number of para-hydroxylation sites is 1. The number of methoxy groups -OCH3 is 2. The van der Waals surface area contributed by atoms with E-state index >= 15 is 0 Å². The van der Waals surface area contributed by atoms with Gasteiger partial charge >= 0.3 is 0 Å². The van der Waals surface area contributed by atoms with Gasteiger partial charge < -0.3 is 14.2 Å². The molecule has 0 radical (unpaired) electrons. The van der Waals surface area contributed by atoms with Crippen LogP contribution in [0.3, 0.4) is 0 Å². The summed E-state index contributed by atoms with van der Waals surface area (Å²) in [5.74, 6) is 8.12. The van der Waals surface area contributed by atoms with Crippen LogP contribution in [0.4, 0.5) is 5.95 Å². The highest BCUT2D eigenvalue weighted by molar-refractivity contribution is 5.83. The fraction of sp³-hybridized carbons (Fsp3) is 0.0909. The minimum atomic E-state index is -0.300. The van der Waals surface area contributed by atoms with Gasteiger partial charge in [-0.05, 0) is 42.5 Å². The molecule has 0 fully saturated rings. The maximum Gasteiger partial charge on any atom is 0.267 e. The molecule has 3 aromatic carbocycles. The molecule has 4 aromatic rings. The fourth-order valence-electron chi connectivity index (χ4n) is 3.14. The number of hydrogen-bond acceptors (Lipinski definition) is 7. The summed E-state index contributed by atoms with van der Waals surface area (Å²) >= 11 is 0. The van der Waals surface area contributed by atoms with E-state index in [9.17, 15) is 4.79 Å². The summed E-state index contributed by atoms with van der Waals surface area (Å²) in [5.41, 5.74) is 3.21. The van der Waals surface area contributed by atoms with Crippen molar-refractivity contribution < 1.29 is 14.2 Å². The van der Waals surface area contributed by atoms with Gasteiger partial charge in [0.05, 0.1) is 30.8 Å². The van der Waals surface area contributed by atoms with Gasteiger partial charge in [-0.1, -0.05) is 18.2 Å². The average Bonchev–Trinajstić information content (AvgIpc) is 2.79. The summed E-state index contributed by atoms with van der Waals surface area (Å²) in [6.07, 6.45) is 0. The lowest BCUT2D eigenvalue weighted by molar-refractivity contribution is 0.355. The van der Waals surface area contributed by atoms with Gasteiger partial charge in [0.1, 0.15) is 11.5 Å². The molecule has 8 heteroatoms. The standard InChI is InChI=1S/C22H20N4O4/c1-28-19-12-17-18(13-20(19)29-2)24-22(25-23)26(21(17)27)14-8-10-16(11-9-14)30-15-6-4-3-5-7-15/h3-13H,23H2,1-2H3,(H,24,25). The average molecular weight is 404 g/mol. The lowest BCUT2D eigenvalue weighted by Gasteiger charge is -2.15. The van der Waals surface area contributed by atoms with Crippen LogP contribution >= 0.6 is 0 Å². The molecular weight excluding hydrogens is 384 g/mol. The predicted molar refractivity (Wildman–Crippen MR) is 115 cm³/mol. The van der Waals surface area contributed by atoms with E-state index in [4.69, 9.17) is 20.1 Å². The summed E-state index contributed by atoms with van der Waals surface area (Å²) in [4.78, 5) is 17.7. The molecule has 0 amide bonds. The molecule has 1 heterocycles. The number of nitrogen functional groups attached to an aromatic ring is 1. The first kappa shape index (κ1) is 19.3. The predicted octanol–water partition coefficient (Wildman–Crippen LogP) is 3.48. The molecule has 4 rings (SSSR count). The van der Waals surface area contributed by atoms with Gasteiger partial charge in [-0.25, -0.2) is 15.4 Å². The Morgan fingerprint density at radius 2 is 1.53 bits per heavy atom. The number of hydrazine groups is 1. The zero-order valence-corrected chi connectivity index (χ0v) is 16.5. The van der Waals surface area contributed by atoms with Gasteiger partial charge in [0, 0.05) is 6.07 Å². The van der Waals surface area contributed by atoms with Gasteiger partial charge in [0.15, 0.2) is 11.5 Å². The molecule has 0 aliphatic rings. The Kier molecular flexibility index (Phi) is 5.23. The second kappa shape index (κ2) is 8.14. The molecule has 1 aromatic heterocycles. The van der Waals surface area contributed by atoms with Crippen LogP contribution in [0.2, 0.25) is 0 Å². The topological polar surface area (TPSA) is 101 Å². The number of anilines is 1. The van der Waals surface area contributed by atoms with Gasteiger partial charge in [-0.3, -0.25) is 10.2 Å². The van der Waals surface area contributed by atoms with Crippen LogP contribution in [0.5, 0.6) is 23.0 Å². The van der Waals surface area contributed by atoms with E-state index in [1.165, 1.54) is 18.8 Å². The van der Waals surface area contributed by atoms with Crippen LogP contribution in [-0.4, -0.2) is 23.8 Å². The van der Waals surface area contributed by atoms with E-state index in [-0.39, 0.29) is 11.5 Å². The van der Waals surface area contributed by atoms with E-state index in [1.807, 2.05) is 30.3 Å². The zero-order valence-electron chi connectivity index (χ0n) is 16.5. The molecule has 3 N–H and O–H groups in total. The number of fused-ring (bicyclic) bond motifs is 1.